The molecule has 2 N–H and O–H groups in total. The van der Waals surface area contributed by atoms with Crippen molar-refractivity contribution in [2.75, 3.05) is 31.9 Å². The molecule has 7 heteroatoms. The van der Waals surface area contributed by atoms with Gasteiger partial charge in [-0.15, -0.1) is 0 Å². The van der Waals surface area contributed by atoms with Gasteiger partial charge in [0.1, 0.15) is 0 Å². The number of amides is 1. The molecular formula is C20H21N5O2. The number of benzene rings is 2. The molecule has 0 saturated carbocycles. The molecule has 3 aromatic rings. The van der Waals surface area contributed by atoms with E-state index in [0.717, 1.165) is 17.2 Å². The van der Waals surface area contributed by atoms with Gasteiger partial charge in [0.05, 0.1) is 5.52 Å². The van der Waals surface area contributed by atoms with Crippen LogP contribution in [0.15, 0.2) is 54.7 Å². The molecule has 1 unspecified atom stereocenters. The highest BCUT2D eigenvalue weighted by Crippen LogP contribution is 2.20. The Morgan fingerprint density at radius 1 is 1.07 bits per heavy atom. The van der Waals surface area contributed by atoms with Gasteiger partial charge >= 0.3 is 0 Å². The lowest BCUT2D eigenvalue weighted by atomic mass is 10.2. The highest BCUT2D eigenvalue weighted by molar-refractivity contribution is 5.94. The van der Waals surface area contributed by atoms with Crippen LogP contribution in [0.1, 0.15) is 16.5 Å². The van der Waals surface area contributed by atoms with Gasteiger partial charge in [0.15, 0.2) is 12.5 Å². The second-order valence-corrected chi connectivity index (χ2v) is 6.67. The molecule has 1 aromatic heterocycles. The molecule has 0 bridgehead atoms. The standard InChI is InChI=1S/C20H21N5O2/c21-17-6-7-18-16(12-17)13-25(22-18)19(14-26)23-8-10-24(11-9-23)20(27)15-4-2-1-3-5-15/h1-7,12-14,19H,8-11,21H2. The lowest BCUT2D eigenvalue weighted by Crippen LogP contribution is -2.51. The van der Waals surface area contributed by atoms with Crippen LogP contribution in [-0.2, 0) is 4.79 Å². The summed E-state index contributed by atoms with van der Waals surface area (Å²) in [5, 5.41) is 5.41. The molecule has 7 nitrogen and oxygen atoms in total. The number of nitrogens with zero attached hydrogens (tertiary/aromatic N) is 4. The smallest absolute Gasteiger partial charge is 0.253 e. The van der Waals surface area contributed by atoms with Crippen molar-refractivity contribution in [3.05, 3.63) is 60.3 Å². The van der Waals surface area contributed by atoms with Gasteiger partial charge < -0.3 is 10.6 Å². The fraction of sp³-hybridized carbons (Fsp3) is 0.250. The first-order valence-electron chi connectivity index (χ1n) is 8.94. The van der Waals surface area contributed by atoms with Crippen LogP contribution in [-0.4, -0.2) is 58.0 Å². The van der Waals surface area contributed by atoms with Crippen LogP contribution >= 0.6 is 0 Å². The number of rotatable bonds is 4. The molecule has 1 amide bonds. The molecular weight excluding hydrogens is 342 g/mol. The van der Waals surface area contributed by atoms with E-state index in [-0.39, 0.29) is 5.91 Å². The zero-order valence-electron chi connectivity index (χ0n) is 14.9. The van der Waals surface area contributed by atoms with Gasteiger partial charge in [-0.05, 0) is 30.3 Å². The van der Waals surface area contributed by atoms with Crippen molar-refractivity contribution in [1.82, 2.24) is 19.6 Å². The van der Waals surface area contributed by atoms with E-state index in [9.17, 15) is 9.59 Å². The molecule has 1 aliphatic rings. The van der Waals surface area contributed by atoms with Crippen molar-refractivity contribution < 1.29 is 9.59 Å². The number of hydrogen-bond donors (Lipinski definition) is 1. The predicted molar refractivity (Wildman–Crippen MR) is 103 cm³/mol. The number of nitrogen functional groups attached to an aromatic ring is 1. The van der Waals surface area contributed by atoms with Crippen LogP contribution in [0.2, 0.25) is 0 Å². The first-order chi connectivity index (χ1) is 13.2. The number of carbonyl (C=O) groups is 2. The Bertz CT molecular complexity index is 961. The number of piperazine rings is 1. The second kappa shape index (κ2) is 7.20. The number of carbonyl (C=O) groups excluding carboxylic acids is 2. The van der Waals surface area contributed by atoms with Crippen molar-refractivity contribution in [2.24, 2.45) is 0 Å². The Balaban J connectivity index is 1.47. The van der Waals surface area contributed by atoms with Crippen molar-refractivity contribution in [3.8, 4) is 0 Å². The number of aldehydes is 1. The molecule has 27 heavy (non-hydrogen) atoms. The fourth-order valence-electron chi connectivity index (χ4n) is 3.47. The fourth-order valence-corrected chi connectivity index (χ4v) is 3.47. The summed E-state index contributed by atoms with van der Waals surface area (Å²) >= 11 is 0. The zero-order chi connectivity index (χ0) is 18.8. The van der Waals surface area contributed by atoms with E-state index in [1.807, 2.05) is 58.5 Å². The van der Waals surface area contributed by atoms with E-state index in [4.69, 9.17) is 5.73 Å². The average molecular weight is 363 g/mol. The quantitative estimate of drug-likeness (QED) is 0.564. The van der Waals surface area contributed by atoms with Gasteiger partial charge in [0.25, 0.3) is 5.91 Å². The normalized spacial score (nSPS) is 16.4. The van der Waals surface area contributed by atoms with Gasteiger partial charge in [-0.25, -0.2) is 4.68 Å². The summed E-state index contributed by atoms with van der Waals surface area (Å²) in [6.07, 6.45) is 2.24. The van der Waals surface area contributed by atoms with Crippen LogP contribution in [0.25, 0.3) is 10.9 Å². The summed E-state index contributed by atoms with van der Waals surface area (Å²) in [7, 11) is 0. The van der Waals surface area contributed by atoms with Gasteiger partial charge in [0, 0.05) is 49.0 Å². The molecule has 1 saturated heterocycles. The van der Waals surface area contributed by atoms with Gasteiger partial charge in [-0.1, -0.05) is 18.2 Å². The molecule has 0 spiro atoms. The van der Waals surface area contributed by atoms with Gasteiger partial charge in [-0.3, -0.25) is 14.5 Å². The number of anilines is 1. The average Bonchev–Trinajstić information content (AvgIpc) is 3.12. The molecule has 1 atom stereocenters. The minimum atomic E-state index is -0.493. The molecule has 1 fully saturated rings. The van der Waals surface area contributed by atoms with E-state index < -0.39 is 6.17 Å². The maximum atomic E-state index is 12.6. The highest BCUT2D eigenvalue weighted by Gasteiger charge is 2.27. The van der Waals surface area contributed by atoms with Crippen molar-refractivity contribution >= 4 is 28.8 Å². The maximum Gasteiger partial charge on any atom is 0.253 e. The molecule has 138 valence electrons. The third-order valence-corrected chi connectivity index (χ3v) is 4.94. The van der Waals surface area contributed by atoms with Crippen LogP contribution in [0.5, 0.6) is 0 Å². The zero-order valence-corrected chi connectivity index (χ0v) is 14.9. The number of aromatic nitrogens is 2. The molecule has 0 aliphatic carbocycles. The Labute approximate surface area is 157 Å². The second-order valence-electron chi connectivity index (χ2n) is 6.67. The van der Waals surface area contributed by atoms with Gasteiger partial charge in [0.2, 0.25) is 0 Å². The first-order valence-corrected chi connectivity index (χ1v) is 8.94. The van der Waals surface area contributed by atoms with Crippen molar-refractivity contribution in [1.29, 1.82) is 0 Å². The Morgan fingerprint density at radius 2 is 1.81 bits per heavy atom. The summed E-state index contributed by atoms with van der Waals surface area (Å²) in [6, 6.07) is 14.8. The molecule has 1 aliphatic heterocycles. The first kappa shape index (κ1) is 17.2. The maximum absolute atomic E-state index is 12.6. The van der Waals surface area contributed by atoms with Crippen molar-refractivity contribution in [2.45, 2.75) is 6.17 Å². The Hall–Kier alpha value is -3.19. The van der Waals surface area contributed by atoms with E-state index in [2.05, 4.69) is 5.10 Å². The van der Waals surface area contributed by atoms with E-state index in [1.54, 1.807) is 10.7 Å². The van der Waals surface area contributed by atoms with Crippen LogP contribution < -0.4 is 5.73 Å². The summed E-state index contributed by atoms with van der Waals surface area (Å²) in [4.78, 5) is 28.2. The highest BCUT2D eigenvalue weighted by atomic mass is 16.2. The molecule has 2 heterocycles. The molecule has 4 rings (SSSR count). The summed E-state index contributed by atoms with van der Waals surface area (Å²) < 4.78 is 1.67. The number of hydrogen-bond acceptors (Lipinski definition) is 5. The lowest BCUT2D eigenvalue weighted by Gasteiger charge is -2.37. The minimum Gasteiger partial charge on any atom is -0.399 e. The number of fused-ring (bicyclic) bond motifs is 1. The van der Waals surface area contributed by atoms with Crippen molar-refractivity contribution in [3.63, 3.8) is 0 Å². The molecule has 2 aromatic carbocycles. The Kier molecular flexibility index (Phi) is 4.60. The summed E-state index contributed by atoms with van der Waals surface area (Å²) in [5.74, 6) is 0.0261. The lowest BCUT2D eigenvalue weighted by molar-refractivity contribution is -0.116. The molecule has 0 radical (unpaired) electrons. The largest absolute Gasteiger partial charge is 0.399 e. The monoisotopic (exact) mass is 363 g/mol. The topological polar surface area (TPSA) is 84.5 Å². The summed E-state index contributed by atoms with van der Waals surface area (Å²) in [6.45, 7) is 2.37. The number of nitrogens with two attached hydrogens (primary N) is 1. The Morgan fingerprint density at radius 3 is 2.52 bits per heavy atom. The minimum absolute atomic E-state index is 0.0261. The third kappa shape index (κ3) is 3.41. The van der Waals surface area contributed by atoms with E-state index in [1.165, 1.54) is 0 Å². The predicted octanol–water partition coefficient (Wildman–Crippen LogP) is 1.77. The summed E-state index contributed by atoms with van der Waals surface area (Å²) in [5.41, 5.74) is 7.97. The SMILES string of the molecule is Nc1ccc2nn(C(C=O)N3CCN(C(=O)c4ccccc4)CC3)cc2c1. The van der Waals surface area contributed by atoms with Gasteiger partial charge in [-0.2, -0.15) is 5.10 Å². The van der Waals surface area contributed by atoms with E-state index >= 15 is 0 Å². The third-order valence-electron chi connectivity index (χ3n) is 4.94. The van der Waals surface area contributed by atoms with E-state index in [0.29, 0.717) is 37.4 Å². The van der Waals surface area contributed by atoms with Crippen LogP contribution in [0, 0.1) is 0 Å². The van der Waals surface area contributed by atoms with Crippen LogP contribution in [0.4, 0.5) is 5.69 Å². The van der Waals surface area contributed by atoms with Crippen LogP contribution in [0.3, 0.4) is 0 Å².